The van der Waals surface area contributed by atoms with Crippen molar-refractivity contribution in [2.45, 2.75) is 26.4 Å². The first-order valence-electron chi connectivity index (χ1n) is 9.80. The first-order chi connectivity index (χ1) is 15.4. The van der Waals surface area contributed by atoms with E-state index in [0.717, 1.165) is 29.9 Å². The van der Waals surface area contributed by atoms with Gasteiger partial charge in [0.05, 0.1) is 24.9 Å². The number of Topliss-reactive ketones (excluding diaryl/α,β-unsaturated/α-hetero) is 1. The van der Waals surface area contributed by atoms with Gasteiger partial charge in [0.1, 0.15) is 5.60 Å². The number of anilines is 1. The third-order valence-electron chi connectivity index (χ3n) is 4.55. The molecule has 0 fully saturated rings. The molecular formula is C23H21ClF2N2O5. The average molecular weight is 479 g/mol. The molecule has 0 saturated heterocycles. The SMILES string of the molecule is COC(=O)c1c(NCC(=O)c2ccc(F)c(F)c2)c2ccc(Cl)cc2n1C(=O)OC(C)(C)C. The lowest BCUT2D eigenvalue weighted by atomic mass is 10.1. The molecule has 1 N–H and O–H groups in total. The summed E-state index contributed by atoms with van der Waals surface area (Å²) in [5.41, 5.74) is -0.771. The van der Waals surface area contributed by atoms with E-state index in [1.165, 1.54) is 6.07 Å². The van der Waals surface area contributed by atoms with Gasteiger partial charge in [0.15, 0.2) is 23.1 Å². The second-order valence-electron chi connectivity index (χ2n) is 8.10. The molecule has 0 spiro atoms. The van der Waals surface area contributed by atoms with Gasteiger partial charge in [-0.1, -0.05) is 11.6 Å². The highest BCUT2D eigenvalue weighted by molar-refractivity contribution is 6.31. The van der Waals surface area contributed by atoms with Crippen LogP contribution in [0.4, 0.5) is 19.3 Å². The lowest BCUT2D eigenvalue weighted by molar-refractivity contribution is 0.0490. The van der Waals surface area contributed by atoms with E-state index in [9.17, 15) is 23.2 Å². The number of carbonyl (C=O) groups excluding carboxylic acids is 3. The summed E-state index contributed by atoms with van der Waals surface area (Å²) in [5, 5.41) is 3.51. The molecule has 1 heterocycles. The van der Waals surface area contributed by atoms with Crippen LogP contribution in [-0.2, 0) is 9.47 Å². The Labute approximate surface area is 193 Å². The molecule has 0 aliphatic rings. The standard InChI is InChI=1S/C23H21ClF2N2O5/c1-23(2,3)33-22(31)28-17-10-13(24)6-7-14(17)19(20(28)21(30)32-4)27-11-18(29)12-5-8-15(25)16(26)9-12/h5-10,27H,11H2,1-4H3. The zero-order valence-corrected chi connectivity index (χ0v) is 19.0. The van der Waals surface area contributed by atoms with Gasteiger partial charge in [0.2, 0.25) is 0 Å². The zero-order valence-electron chi connectivity index (χ0n) is 18.3. The number of methoxy groups -OCH3 is 1. The van der Waals surface area contributed by atoms with E-state index in [0.29, 0.717) is 10.4 Å². The maximum Gasteiger partial charge on any atom is 0.419 e. The number of rotatable bonds is 5. The van der Waals surface area contributed by atoms with Crippen LogP contribution in [-0.4, -0.2) is 41.7 Å². The molecule has 1 aromatic heterocycles. The molecule has 0 aliphatic heterocycles. The van der Waals surface area contributed by atoms with Crippen molar-refractivity contribution in [1.82, 2.24) is 4.57 Å². The number of nitrogens with one attached hydrogen (secondary N) is 1. The van der Waals surface area contributed by atoms with Gasteiger partial charge in [-0.15, -0.1) is 0 Å². The summed E-state index contributed by atoms with van der Waals surface area (Å²) in [6.07, 6.45) is -0.852. The molecule has 0 bridgehead atoms. The van der Waals surface area contributed by atoms with Crippen LogP contribution in [0.5, 0.6) is 0 Å². The van der Waals surface area contributed by atoms with E-state index in [2.05, 4.69) is 5.32 Å². The van der Waals surface area contributed by atoms with Crippen molar-refractivity contribution in [3.63, 3.8) is 0 Å². The highest BCUT2D eigenvalue weighted by Gasteiger charge is 2.30. The van der Waals surface area contributed by atoms with Crippen molar-refractivity contribution in [3.05, 3.63) is 64.3 Å². The van der Waals surface area contributed by atoms with Crippen LogP contribution in [0.2, 0.25) is 5.02 Å². The van der Waals surface area contributed by atoms with Crippen LogP contribution in [0.15, 0.2) is 36.4 Å². The second kappa shape index (κ2) is 9.19. The predicted octanol–water partition coefficient (Wildman–Crippen LogP) is 5.44. The molecule has 0 radical (unpaired) electrons. The fraction of sp³-hybridized carbons (Fsp3) is 0.261. The first kappa shape index (κ1) is 24.2. The Balaban J connectivity index is 2.10. The molecule has 7 nitrogen and oxygen atoms in total. The number of benzene rings is 2. The van der Waals surface area contributed by atoms with Crippen LogP contribution in [0.25, 0.3) is 10.9 Å². The molecular weight excluding hydrogens is 458 g/mol. The number of ketones is 1. The van der Waals surface area contributed by atoms with Gasteiger partial charge >= 0.3 is 12.1 Å². The Morgan fingerprint density at radius 3 is 2.36 bits per heavy atom. The fourth-order valence-corrected chi connectivity index (χ4v) is 3.33. The Morgan fingerprint density at radius 1 is 1.06 bits per heavy atom. The largest absolute Gasteiger partial charge is 0.464 e. The van der Waals surface area contributed by atoms with Crippen molar-refractivity contribution in [3.8, 4) is 0 Å². The topological polar surface area (TPSA) is 86.6 Å². The number of hydrogen-bond acceptors (Lipinski definition) is 6. The maximum atomic E-state index is 13.5. The molecule has 0 saturated carbocycles. The molecule has 0 aliphatic carbocycles. The van der Waals surface area contributed by atoms with Crippen LogP contribution < -0.4 is 5.32 Å². The highest BCUT2D eigenvalue weighted by Crippen LogP contribution is 2.34. The minimum atomic E-state index is -1.16. The minimum absolute atomic E-state index is 0.0695. The van der Waals surface area contributed by atoms with Gasteiger partial charge in [-0.2, -0.15) is 0 Å². The molecule has 3 aromatic rings. The van der Waals surface area contributed by atoms with E-state index in [1.807, 2.05) is 0 Å². The van der Waals surface area contributed by atoms with Crippen molar-refractivity contribution in [1.29, 1.82) is 0 Å². The monoisotopic (exact) mass is 478 g/mol. The lowest BCUT2D eigenvalue weighted by Gasteiger charge is -2.20. The molecule has 0 unspecified atom stereocenters. The van der Waals surface area contributed by atoms with Crippen LogP contribution in [0, 0.1) is 11.6 Å². The predicted molar refractivity (Wildman–Crippen MR) is 119 cm³/mol. The third kappa shape index (κ3) is 5.14. The Bertz CT molecular complexity index is 1260. The summed E-state index contributed by atoms with van der Waals surface area (Å²) >= 11 is 6.12. The van der Waals surface area contributed by atoms with Gasteiger partial charge in [-0.3, -0.25) is 4.79 Å². The third-order valence-corrected chi connectivity index (χ3v) is 4.79. The number of ether oxygens (including phenoxy) is 2. The Kier molecular flexibility index (Phi) is 6.73. The molecule has 10 heteroatoms. The molecule has 174 valence electrons. The lowest BCUT2D eigenvalue weighted by Crippen LogP contribution is -2.29. The summed E-state index contributed by atoms with van der Waals surface area (Å²) < 4.78 is 38.0. The normalized spacial score (nSPS) is 11.4. The van der Waals surface area contributed by atoms with Crippen molar-refractivity contribution in [2.24, 2.45) is 0 Å². The summed E-state index contributed by atoms with van der Waals surface area (Å²) in [5.74, 6) is -3.68. The smallest absolute Gasteiger partial charge is 0.419 e. The number of carbonyl (C=O) groups is 3. The van der Waals surface area contributed by atoms with E-state index in [4.69, 9.17) is 21.1 Å². The molecule has 0 atom stereocenters. The summed E-state index contributed by atoms with van der Waals surface area (Å²) in [4.78, 5) is 38.2. The fourth-order valence-electron chi connectivity index (χ4n) is 3.17. The molecule has 3 rings (SSSR count). The Hall–Kier alpha value is -3.46. The van der Waals surface area contributed by atoms with Crippen molar-refractivity contribution < 1.29 is 32.6 Å². The van der Waals surface area contributed by atoms with Gasteiger partial charge in [0, 0.05) is 16.0 Å². The maximum absolute atomic E-state index is 13.5. The van der Waals surface area contributed by atoms with E-state index in [1.54, 1.807) is 32.9 Å². The van der Waals surface area contributed by atoms with E-state index >= 15 is 0 Å². The summed E-state index contributed by atoms with van der Waals surface area (Å²) in [6.45, 7) is 4.62. The van der Waals surface area contributed by atoms with Gasteiger partial charge in [0.25, 0.3) is 0 Å². The quantitative estimate of drug-likeness (QED) is 0.388. The van der Waals surface area contributed by atoms with Gasteiger partial charge in [-0.25, -0.2) is 22.9 Å². The van der Waals surface area contributed by atoms with Gasteiger partial charge < -0.3 is 14.8 Å². The molecule has 2 aromatic carbocycles. The highest BCUT2D eigenvalue weighted by atomic mass is 35.5. The number of esters is 1. The number of halogens is 3. The number of fused-ring (bicyclic) bond motifs is 1. The van der Waals surface area contributed by atoms with Crippen molar-refractivity contribution >= 4 is 46.0 Å². The minimum Gasteiger partial charge on any atom is -0.464 e. The van der Waals surface area contributed by atoms with E-state index in [-0.39, 0.29) is 29.0 Å². The summed E-state index contributed by atoms with van der Waals surface area (Å²) in [6, 6.07) is 7.36. The number of hydrogen-bond donors (Lipinski definition) is 1. The van der Waals surface area contributed by atoms with Crippen LogP contribution in [0.1, 0.15) is 41.6 Å². The summed E-state index contributed by atoms with van der Waals surface area (Å²) in [7, 11) is 1.14. The molecule has 0 amide bonds. The van der Waals surface area contributed by atoms with E-state index < -0.39 is 35.1 Å². The van der Waals surface area contributed by atoms with Crippen molar-refractivity contribution in [2.75, 3.05) is 19.0 Å². The van der Waals surface area contributed by atoms with Gasteiger partial charge in [-0.05, 0) is 57.2 Å². The van der Waals surface area contributed by atoms with Crippen LogP contribution >= 0.6 is 11.6 Å². The van der Waals surface area contributed by atoms with Crippen LogP contribution in [0.3, 0.4) is 0 Å². The number of nitrogens with zero attached hydrogens (tertiary/aromatic N) is 1. The first-order valence-corrected chi connectivity index (χ1v) is 10.2. The second-order valence-corrected chi connectivity index (χ2v) is 8.53. The molecule has 33 heavy (non-hydrogen) atoms. The zero-order chi connectivity index (χ0) is 24.5. The number of aromatic nitrogens is 1. The average Bonchev–Trinajstić information content (AvgIpc) is 3.05. The Morgan fingerprint density at radius 2 is 1.76 bits per heavy atom.